The standard InChI is InChI=1S/C26H30ClFN4OS/c27-22-8-9-23(28)24(18-22)30-26(34)32-14-10-21(11-15-32)25-29-12-16-31(25)13-4-5-17-33-19-20-6-2-1-3-7-20/h1-3,6-9,12,16,18,21H,4-5,10-11,13-15,17,19H2,(H,30,34). The first kappa shape index (κ1) is 24.6. The number of hydrogen-bond donors (Lipinski definition) is 1. The number of ether oxygens (including phenoxy) is 1. The Hall–Kier alpha value is -2.48. The van der Waals surface area contributed by atoms with Crippen LogP contribution in [0.5, 0.6) is 0 Å². The van der Waals surface area contributed by atoms with E-state index >= 15 is 0 Å². The van der Waals surface area contributed by atoms with Crippen molar-refractivity contribution in [2.75, 3.05) is 25.0 Å². The van der Waals surface area contributed by atoms with Gasteiger partial charge in [0, 0.05) is 49.6 Å². The molecular weight excluding hydrogens is 471 g/mol. The van der Waals surface area contributed by atoms with Gasteiger partial charge in [0.05, 0.1) is 12.3 Å². The number of halogens is 2. The highest BCUT2D eigenvalue weighted by atomic mass is 35.5. The van der Waals surface area contributed by atoms with Crippen LogP contribution in [0.25, 0.3) is 0 Å². The minimum absolute atomic E-state index is 0.308. The Bertz CT molecular complexity index is 1070. The molecule has 1 fully saturated rings. The molecule has 2 aromatic carbocycles. The van der Waals surface area contributed by atoms with Gasteiger partial charge in [0.1, 0.15) is 11.6 Å². The summed E-state index contributed by atoms with van der Waals surface area (Å²) in [6.45, 7) is 3.97. The molecule has 1 saturated heterocycles. The smallest absolute Gasteiger partial charge is 0.173 e. The normalized spacial score (nSPS) is 14.4. The minimum atomic E-state index is -0.367. The van der Waals surface area contributed by atoms with E-state index < -0.39 is 0 Å². The average Bonchev–Trinajstić information content (AvgIpc) is 3.33. The largest absolute Gasteiger partial charge is 0.377 e. The van der Waals surface area contributed by atoms with Gasteiger partial charge < -0.3 is 19.5 Å². The van der Waals surface area contributed by atoms with Crippen LogP contribution >= 0.6 is 23.8 Å². The third kappa shape index (κ3) is 6.78. The molecule has 4 rings (SSSR count). The maximum atomic E-state index is 14.0. The molecule has 180 valence electrons. The van der Waals surface area contributed by atoms with Crippen LogP contribution in [-0.2, 0) is 17.9 Å². The lowest BCUT2D eigenvalue weighted by atomic mass is 9.96. The summed E-state index contributed by atoms with van der Waals surface area (Å²) in [6.07, 6.45) is 7.94. The number of imidazole rings is 1. The second-order valence-corrected chi connectivity index (χ2v) is 9.36. The average molecular weight is 501 g/mol. The summed E-state index contributed by atoms with van der Waals surface area (Å²) < 4.78 is 22.1. The van der Waals surface area contributed by atoms with Crippen molar-refractivity contribution in [3.05, 3.63) is 83.2 Å². The summed E-state index contributed by atoms with van der Waals surface area (Å²) in [5.74, 6) is 1.17. The van der Waals surface area contributed by atoms with Gasteiger partial charge in [-0.05, 0) is 61.7 Å². The van der Waals surface area contributed by atoms with Crippen LogP contribution in [0.15, 0.2) is 60.9 Å². The van der Waals surface area contributed by atoms with Crippen LogP contribution in [-0.4, -0.2) is 39.3 Å². The monoisotopic (exact) mass is 500 g/mol. The van der Waals surface area contributed by atoms with E-state index in [1.807, 2.05) is 24.4 Å². The predicted molar refractivity (Wildman–Crippen MR) is 139 cm³/mol. The Kier molecular flexibility index (Phi) is 8.91. The molecular formula is C26H30ClFN4OS. The molecule has 1 N–H and O–H groups in total. The maximum Gasteiger partial charge on any atom is 0.173 e. The predicted octanol–water partition coefficient (Wildman–Crippen LogP) is 6.25. The zero-order valence-corrected chi connectivity index (χ0v) is 20.7. The summed E-state index contributed by atoms with van der Waals surface area (Å²) in [5.41, 5.74) is 1.51. The summed E-state index contributed by atoms with van der Waals surface area (Å²) in [4.78, 5) is 6.74. The first-order valence-corrected chi connectivity index (χ1v) is 12.5. The van der Waals surface area contributed by atoms with Crippen molar-refractivity contribution < 1.29 is 9.13 Å². The van der Waals surface area contributed by atoms with Gasteiger partial charge in [-0.1, -0.05) is 41.9 Å². The zero-order chi connectivity index (χ0) is 23.8. The highest BCUT2D eigenvalue weighted by Gasteiger charge is 2.25. The third-order valence-corrected chi connectivity index (χ3v) is 6.71. The highest BCUT2D eigenvalue weighted by Crippen LogP contribution is 2.28. The molecule has 0 unspecified atom stereocenters. The Labute approximate surface area is 210 Å². The number of hydrogen-bond acceptors (Lipinski definition) is 3. The van der Waals surface area contributed by atoms with Crippen LogP contribution in [0.3, 0.4) is 0 Å². The Morgan fingerprint density at radius 1 is 1.15 bits per heavy atom. The first-order chi connectivity index (χ1) is 16.6. The van der Waals surface area contributed by atoms with E-state index in [-0.39, 0.29) is 5.82 Å². The number of nitrogens with zero attached hydrogens (tertiary/aromatic N) is 3. The number of nitrogens with one attached hydrogen (secondary N) is 1. The van der Waals surface area contributed by atoms with Gasteiger partial charge >= 0.3 is 0 Å². The van der Waals surface area contributed by atoms with E-state index in [1.165, 1.54) is 17.7 Å². The SMILES string of the molecule is Fc1ccc(Cl)cc1NC(=S)N1CCC(c2nccn2CCCCOCc2ccccc2)CC1. The molecule has 0 saturated carbocycles. The van der Waals surface area contributed by atoms with Crippen LogP contribution in [0.1, 0.15) is 43.0 Å². The molecule has 0 amide bonds. The van der Waals surface area contributed by atoms with E-state index in [4.69, 9.17) is 28.6 Å². The second kappa shape index (κ2) is 12.3. The van der Waals surface area contributed by atoms with Gasteiger partial charge in [0.15, 0.2) is 5.11 Å². The topological polar surface area (TPSA) is 42.3 Å². The zero-order valence-electron chi connectivity index (χ0n) is 19.1. The van der Waals surface area contributed by atoms with Crippen molar-refractivity contribution in [2.45, 2.75) is 44.8 Å². The van der Waals surface area contributed by atoms with Gasteiger partial charge in [-0.2, -0.15) is 0 Å². The van der Waals surface area contributed by atoms with Crippen molar-refractivity contribution in [3.8, 4) is 0 Å². The number of aryl methyl sites for hydroxylation is 1. The van der Waals surface area contributed by atoms with Gasteiger partial charge in [-0.25, -0.2) is 9.37 Å². The summed E-state index contributed by atoms with van der Waals surface area (Å²) in [6, 6.07) is 14.7. The van der Waals surface area contributed by atoms with E-state index in [0.29, 0.717) is 28.3 Å². The number of likely N-dealkylation sites (tertiary alicyclic amines) is 1. The first-order valence-electron chi connectivity index (χ1n) is 11.7. The molecule has 5 nitrogen and oxygen atoms in total. The maximum absolute atomic E-state index is 14.0. The molecule has 0 aliphatic carbocycles. The van der Waals surface area contributed by atoms with Gasteiger partial charge in [0.25, 0.3) is 0 Å². The number of anilines is 1. The molecule has 0 bridgehead atoms. The molecule has 8 heteroatoms. The van der Waals surface area contributed by atoms with Crippen LogP contribution in [0.4, 0.5) is 10.1 Å². The van der Waals surface area contributed by atoms with Gasteiger partial charge in [0.2, 0.25) is 0 Å². The van der Waals surface area contributed by atoms with E-state index in [2.05, 4.69) is 38.1 Å². The third-order valence-electron chi connectivity index (χ3n) is 6.11. The molecule has 0 radical (unpaired) electrons. The fraction of sp³-hybridized carbons (Fsp3) is 0.385. The molecule has 1 aliphatic heterocycles. The number of rotatable bonds is 9. The van der Waals surface area contributed by atoms with Crippen molar-refractivity contribution in [1.82, 2.24) is 14.5 Å². The molecule has 2 heterocycles. The van der Waals surface area contributed by atoms with Crippen molar-refractivity contribution >= 4 is 34.6 Å². The highest BCUT2D eigenvalue weighted by molar-refractivity contribution is 7.80. The molecule has 0 spiro atoms. The van der Waals surface area contributed by atoms with Crippen molar-refractivity contribution in [2.24, 2.45) is 0 Å². The Balaban J connectivity index is 1.19. The summed E-state index contributed by atoms with van der Waals surface area (Å²) >= 11 is 11.5. The van der Waals surface area contributed by atoms with E-state index in [0.717, 1.165) is 57.7 Å². The molecule has 1 aromatic heterocycles. The fourth-order valence-electron chi connectivity index (χ4n) is 4.25. The number of unbranched alkanes of at least 4 members (excludes halogenated alkanes) is 1. The number of aromatic nitrogens is 2. The van der Waals surface area contributed by atoms with Crippen LogP contribution in [0, 0.1) is 5.82 Å². The fourth-order valence-corrected chi connectivity index (χ4v) is 4.71. The number of piperidine rings is 1. The molecule has 0 atom stereocenters. The van der Waals surface area contributed by atoms with Crippen molar-refractivity contribution in [3.63, 3.8) is 0 Å². The Morgan fingerprint density at radius 3 is 2.74 bits per heavy atom. The lowest BCUT2D eigenvalue weighted by molar-refractivity contribution is 0.116. The van der Waals surface area contributed by atoms with Gasteiger partial charge in [-0.3, -0.25) is 0 Å². The minimum Gasteiger partial charge on any atom is -0.377 e. The lowest BCUT2D eigenvalue weighted by Crippen LogP contribution is -2.40. The second-order valence-electron chi connectivity index (χ2n) is 8.54. The summed E-state index contributed by atoms with van der Waals surface area (Å²) in [5, 5.41) is 4.00. The van der Waals surface area contributed by atoms with Crippen LogP contribution in [0.2, 0.25) is 5.02 Å². The van der Waals surface area contributed by atoms with Crippen molar-refractivity contribution in [1.29, 1.82) is 0 Å². The number of thiocarbonyl (C=S) groups is 1. The summed E-state index contributed by atoms with van der Waals surface area (Å²) in [7, 11) is 0. The quantitative estimate of drug-likeness (QED) is 0.278. The van der Waals surface area contributed by atoms with Gasteiger partial charge in [-0.15, -0.1) is 0 Å². The lowest BCUT2D eigenvalue weighted by Gasteiger charge is -2.33. The number of benzene rings is 2. The molecule has 34 heavy (non-hydrogen) atoms. The molecule has 1 aliphatic rings. The van der Waals surface area contributed by atoms with Crippen LogP contribution < -0.4 is 5.32 Å². The molecule has 3 aromatic rings. The Morgan fingerprint density at radius 2 is 1.94 bits per heavy atom. The van der Waals surface area contributed by atoms with E-state index in [1.54, 1.807) is 6.07 Å². The van der Waals surface area contributed by atoms with E-state index in [9.17, 15) is 4.39 Å².